The molecule has 8 nitrogen and oxygen atoms in total. The van der Waals surface area contributed by atoms with E-state index in [0.717, 1.165) is 5.56 Å². The number of amides is 1. The van der Waals surface area contributed by atoms with Crippen molar-refractivity contribution < 1.29 is 14.7 Å². The Morgan fingerprint density at radius 3 is 2.60 bits per heavy atom. The monoisotopic (exact) mass is 339 g/mol. The number of carbonyl (C=O) groups excluding carboxylic acids is 1. The van der Waals surface area contributed by atoms with Crippen LogP contribution in [0.25, 0.3) is 0 Å². The molecule has 0 spiro atoms. The number of hydrogen-bond acceptors (Lipinski definition) is 4. The van der Waals surface area contributed by atoms with E-state index in [1.165, 1.54) is 22.6 Å². The summed E-state index contributed by atoms with van der Waals surface area (Å²) in [6.07, 6.45) is 4.29. The molecule has 3 rings (SSSR count). The zero-order valence-corrected chi connectivity index (χ0v) is 13.6. The Bertz CT molecular complexity index is 895. The summed E-state index contributed by atoms with van der Waals surface area (Å²) in [6.45, 7) is 2.56. The number of carbonyl (C=O) groups is 2. The van der Waals surface area contributed by atoms with Crippen molar-refractivity contribution in [3.8, 4) is 0 Å². The van der Waals surface area contributed by atoms with Crippen LogP contribution in [0, 0.1) is 6.92 Å². The molecule has 0 saturated heterocycles. The van der Waals surface area contributed by atoms with Gasteiger partial charge in [0.05, 0.1) is 18.3 Å². The Hall–Kier alpha value is -3.42. The van der Waals surface area contributed by atoms with Gasteiger partial charge in [-0.05, 0) is 12.5 Å². The largest absolute Gasteiger partial charge is 0.478 e. The minimum atomic E-state index is -1.08. The molecule has 8 heteroatoms. The number of carboxylic acid groups (broad SMARTS) is 1. The number of nitrogens with zero attached hydrogens (tertiary/aromatic N) is 4. The number of hydrogen-bond donors (Lipinski definition) is 2. The second-order valence-corrected chi connectivity index (χ2v) is 5.66. The van der Waals surface area contributed by atoms with Crippen LogP contribution >= 0.6 is 0 Å². The Kier molecular flexibility index (Phi) is 4.60. The highest BCUT2D eigenvalue weighted by molar-refractivity contribution is 5.90. The molecule has 2 heterocycles. The van der Waals surface area contributed by atoms with Crippen LogP contribution in [-0.2, 0) is 17.9 Å². The van der Waals surface area contributed by atoms with Gasteiger partial charge in [-0.25, -0.2) is 4.79 Å². The average Bonchev–Trinajstić information content (AvgIpc) is 3.19. The zero-order valence-electron chi connectivity index (χ0n) is 13.6. The third kappa shape index (κ3) is 4.31. The van der Waals surface area contributed by atoms with Gasteiger partial charge in [-0.3, -0.25) is 14.2 Å². The number of nitrogens with one attached hydrogen (secondary N) is 1. The molecule has 0 aliphatic heterocycles. The fraction of sp³-hybridized carbons (Fsp3) is 0.176. The standard InChI is InChI=1S/C17H17N5O3/c1-12-2-4-13(5-3-12)9-21-7-6-15(20-21)19-16(23)11-22-10-14(8-18-22)17(24)25/h2-8,10H,9,11H2,1H3,(H,24,25)(H,19,20,23). The predicted octanol–water partition coefficient (Wildman–Crippen LogP) is 1.77. The molecule has 2 aromatic heterocycles. The molecule has 0 saturated carbocycles. The molecule has 0 aliphatic carbocycles. The first kappa shape index (κ1) is 16.4. The summed E-state index contributed by atoms with van der Waals surface area (Å²) >= 11 is 0. The number of aryl methyl sites for hydroxylation is 1. The van der Waals surface area contributed by atoms with Crippen LogP contribution in [0.3, 0.4) is 0 Å². The van der Waals surface area contributed by atoms with E-state index < -0.39 is 5.97 Å². The SMILES string of the molecule is Cc1ccc(Cn2ccc(NC(=O)Cn3cc(C(=O)O)cn3)n2)cc1. The second-order valence-electron chi connectivity index (χ2n) is 5.66. The van der Waals surface area contributed by atoms with E-state index in [9.17, 15) is 9.59 Å². The van der Waals surface area contributed by atoms with Gasteiger partial charge in [0.15, 0.2) is 5.82 Å². The van der Waals surface area contributed by atoms with Crippen molar-refractivity contribution in [2.24, 2.45) is 0 Å². The lowest BCUT2D eigenvalue weighted by molar-refractivity contribution is -0.116. The smallest absolute Gasteiger partial charge is 0.338 e. The summed E-state index contributed by atoms with van der Waals surface area (Å²) in [6, 6.07) is 9.85. The molecule has 3 aromatic rings. The van der Waals surface area contributed by atoms with Gasteiger partial charge in [0.1, 0.15) is 6.54 Å². The van der Waals surface area contributed by atoms with Gasteiger partial charge in [-0.2, -0.15) is 10.2 Å². The van der Waals surface area contributed by atoms with Crippen molar-refractivity contribution in [3.05, 3.63) is 65.6 Å². The van der Waals surface area contributed by atoms with Crippen molar-refractivity contribution in [1.82, 2.24) is 19.6 Å². The summed E-state index contributed by atoms with van der Waals surface area (Å²) in [5, 5.41) is 19.6. The Morgan fingerprint density at radius 1 is 1.16 bits per heavy atom. The number of rotatable bonds is 6. The molecule has 0 aliphatic rings. The minimum Gasteiger partial charge on any atom is -0.478 e. The summed E-state index contributed by atoms with van der Waals surface area (Å²) in [5.74, 6) is -0.982. The van der Waals surface area contributed by atoms with E-state index in [1.54, 1.807) is 16.9 Å². The molecule has 0 unspecified atom stereocenters. The molecule has 2 N–H and O–H groups in total. The summed E-state index contributed by atoms with van der Waals surface area (Å²) in [4.78, 5) is 22.8. The summed E-state index contributed by atoms with van der Waals surface area (Å²) in [7, 11) is 0. The Labute approximate surface area is 143 Å². The lowest BCUT2D eigenvalue weighted by Gasteiger charge is -2.04. The number of anilines is 1. The van der Waals surface area contributed by atoms with Gasteiger partial charge >= 0.3 is 5.97 Å². The van der Waals surface area contributed by atoms with E-state index in [2.05, 4.69) is 15.5 Å². The number of carboxylic acids is 1. The first-order valence-corrected chi connectivity index (χ1v) is 7.64. The Morgan fingerprint density at radius 2 is 1.92 bits per heavy atom. The van der Waals surface area contributed by atoms with Crippen LogP contribution in [0.5, 0.6) is 0 Å². The lowest BCUT2D eigenvalue weighted by atomic mass is 10.1. The van der Waals surface area contributed by atoms with Crippen LogP contribution in [0.2, 0.25) is 0 Å². The third-order valence-electron chi connectivity index (χ3n) is 3.56. The van der Waals surface area contributed by atoms with E-state index in [0.29, 0.717) is 12.4 Å². The molecule has 0 atom stereocenters. The van der Waals surface area contributed by atoms with Gasteiger partial charge in [-0.1, -0.05) is 29.8 Å². The summed E-state index contributed by atoms with van der Waals surface area (Å²) in [5.41, 5.74) is 2.35. The number of aromatic carboxylic acids is 1. The molecule has 0 fully saturated rings. The minimum absolute atomic E-state index is 0.0372. The van der Waals surface area contributed by atoms with Crippen LogP contribution in [0.1, 0.15) is 21.5 Å². The highest BCUT2D eigenvalue weighted by Crippen LogP contribution is 2.08. The fourth-order valence-electron chi connectivity index (χ4n) is 2.29. The van der Waals surface area contributed by atoms with Gasteiger partial charge < -0.3 is 10.4 Å². The molecule has 0 radical (unpaired) electrons. The van der Waals surface area contributed by atoms with Crippen molar-refractivity contribution >= 4 is 17.7 Å². The van der Waals surface area contributed by atoms with E-state index in [4.69, 9.17) is 5.11 Å². The van der Waals surface area contributed by atoms with Crippen molar-refractivity contribution in [2.75, 3.05) is 5.32 Å². The maximum absolute atomic E-state index is 12.0. The quantitative estimate of drug-likeness (QED) is 0.712. The molecule has 128 valence electrons. The first-order chi connectivity index (χ1) is 12.0. The number of benzene rings is 1. The maximum Gasteiger partial charge on any atom is 0.338 e. The van der Waals surface area contributed by atoms with Gasteiger partial charge in [0.25, 0.3) is 0 Å². The van der Waals surface area contributed by atoms with Gasteiger partial charge in [0, 0.05) is 18.5 Å². The van der Waals surface area contributed by atoms with Crippen molar-refractivity contribution in [3.63, 3.8) is 0 Å². The molecule has 1 aromatic carbocycles. The van der Waals surface area contributed by atoms with Gasteiger partial charge in [-0.15, -0.1) is 0 Å². The highest BCUT2D eigenvalue weighted by Gasteiger charge is 2.10. The molecule has 0 bridgehead atoms. The maximum atomic E-state index is 12.0. The topological polar surface area (TPSA) is 102 Å². The molecule has 1 amide bonds. The van der Waals surface area contributed by atoms with Crippen molar-refractivity contribution in [2.45, 2.75) is 20.0 Å². The highest BCUT2D eigenvalue weighted by atomic mass is 16.4. The normalized spacial score (nSPS) is 10.6. The molecular formula is C17H17N5O3. The van der Waals surface area contributed by atoms with Crippen molar-refractivity contribution in [1.29, 1.82) is 0 Å². The fourth-order valence-corrected chi connectivity index (χ4v) is 2.29. The molecule has 25 heavy (non-hydrogen) atoms. The van der Waals surface area contributed by atoms with Crippen LogP contribution in [0.4, 0.5) is 5.82 Å². The third-order valence-corrected chi connectivity index (χ3v) is 3.56. The van der Waals surface area contributed by atoms with E-state index >= 15 is 0 Å². The number of aromatic nitrogens is 4. The lowest BCUT2D eigenvalue weighted by Crippen LogP contribution is -2.19. The average molecular weight is 339 g/mol. The van der Waals surface area contributed by atoms with Gasteiger partial charge in [0.2, 0.25) is 5.91 Å². The molecular weight excluding hydrogens is 322 g/mol. The van der Waals surface area contributed by atoms with Crippen LogP contribution in [0.15, 0.2) is 48.9 Å². The van der Waals surface area contributed by atoms with Crippen LogP contribution in [-0.4, -0.2) is 36.5 Å². The summed E-state index contributed by atoms with van der Waals surface area (Å²) < 4.78 is 3.00. The van der Waals surface area contributed by atoms with E-state index in [1.807, 2.05) is 31.2 Å². The van der Waals surface area contributed by atoms with E-state index in [-0.39, 0.29) is 18.0 Å². The second kappa shape index (κ2) is 7.00. The predicted molar refractivity (Wildman–Crippen MR) is 90.3 cm³/mol. The zero-order chi connectivity index (χ0) is 17.8. The van der Waals surface area contributed by atoms with Crippen LogP contribution < -0.4 is 5.32 Å². The first-order valence-electron chi connectivity index (χ1n) is 7.64. The Balaban J connectivity index is 1.57.